The third-order valence-electron chi connectivity index (χ3n) is 5.97. The molecule has 5 nitrogen and oxygen atoms in total. The summed E-state index contributed by atoms with van der Waals surface area (Å²) in [6.07, 6.45) is 0. The SMILES string of the molecule is CCN1CCN(c2ccc(N[C@@H](C)C(=O)Nc3ccccc3C(C)C)cc2C)CC1. The Morgan fingerprint density at radius 2 is 1.73 bits per heavy atom. The normalized spacial score (nSPS) is 15.9. The van der Waals surface area contributed by atoms with E-state index in [1.54, 1.807) is 0 Å². The van der Waals surface area contributed by atoms with E-state index in [0.29, 0.717) is 5.92 Å². The van der Waals surface area contributed by atoms with E-state index in [2.05, 4.69) is 72.4 Å². The van der Waals surface area contributed by atoms with Crippen LogP contribution in [-0.2, 0) is 4.79 Å². The first-order valence-electron chi connectivity index (χ1n) is 11.1. The molecule has 1 heterocycles. The lowest BCUT2D eigenvalue weighted by Crippen LogP contribution is -2.46. The Labute approximate surface area is 181 Å². The van der Waals surface area contributed by atoms with Crippen LogP contribution in [0.25, 0.3) is 0 Å². The molecule has 0 radical (unpaired) electrons. The molecular weight excluding hydrogens is 372 g/mol. The third-order valence-corrected chi connectivity index (χ3v) is 5.97. The van der Waals surface area contributed by atoms with Gasteiger partial charge in [-0.2, -0.15) is 0 Å². The number of amides is 1. The van der Waals surface area contributed by atoms with Crippen LogP contribution in [0.5, 0.6) is 0 Å². The van der Waals surface area contributed by atoms with Gasteiger partial charge in [-0.3, -0.25) is 4.79 Å². The summed E-state index contributed by atoms with van der Waals surface area (Å²) >= 11 is 0. The molecule has 1 fully saturated rings. The molecule has 30 heavy (non-hydrogen) atoms. The molecule has 1 amide bonds. The first-order chi connectivity index (χ1) is 14.4. The van der Waals surface area contributed by atoms with Crippen LogP contribution in [-0.4, -0.2) is 49.6 Å². The van der Waals surface area contributed by atoms with Crippen molar-refractivity contribution in [2.75, 3.05) is 48.3 Å². The van der Waals surface area contributed by atoms with Crippen LogP contribution in [0.1, 0.15) is 44.7 Å². The second-order valence-corrected chi connectivity index (χ2v) is 8.52. The number of anilines is 3. The first kappa shape index (κ1) is 22.2. The minimum absolute atomic E-state index is 0.0273. The largest absolute Gasteiger partial charge is 0.374 e. The van der Waals surface area contributed by atoms with E-state index >= 15 is 0 Å². The van der Waals surface area contributed by atoms with Gasteiger partial charge in [0.15, 0.2) is 0 Å². The van der Waals surface area contributed by atoms with Gasteiger partial charge in [-0.1, -0.05) is 39.0 Å². The Hall–Kier alpha value is -2.53. The highest BCUT2D eigenvalue weighted by Crippen LogP contribution is 2.26. The highest BCUT2D eigenvalue weighted by atomic mass is 16.2. The van der Waals surface area contributed by atoms with Gasteiger partial charge in [-0.05, 0) is 61.7 Å². The summed E-state index contributed by atoms with van der Waals surface area (Å²) < 4.78 is 0. The molecule has 1 aliphatic heterocycles. The number of aryl methyl sites for hydroxylation is 1. The molecule has 0 bridgehead atoms. The van der Waals surface area contributed by atoms with Gasteiger partial charge < -0.3 is 20.4 Å². The number of hydrogen-bond acceptors (Lipinski definition) is 4. The van der Waals surface area contributed by atoms with Crippen LogP contribution in [0.2, 0.25) is 0 Å². The monoisotopic (exact) mass is 408 g/mol. The van der Waals surface area contributed by atoms with Crippen molar-refractivity contribution in [2.24, 2.45) is 0 Å². The van der Waals surface area contributed by atoms with Crippen molar-refractivity contribution in [2.45, 2.75) is 46.6 Å². The third kappa shape index (κ3) is 5.33. The maximum absolute atomic E-state index is 12.8. The molecule has 0 unspecified atom stereocenters. The summed E-state index contributed by atoms with van der Waals surface area (Å²) in [6, 6.07) is 14.1. The van der Waals surface area contributed by atoms with Gasteiger partial charge in [0.05, 0.1) is 0 Å². The maximum Gasteiger partial charge on any atom is 0.246 e. The van der Waals surface area contributed by atoms with E-state index in [1.165, 1.54) is 11.3 Å². The average Bonchev–Trinajstić information content (AvgIpc) is 2.74. The summed E-state index contributed by atoms with van der Waals surface area (Å²) in [4.78, 5) is 17.7. The van der Waals surface area contributed by atoms with Gasteiger partial charge in [0.2, 0.25) is 5.91 Å². The zero-order chi connectivity index (χ0) is 21.7. The van der Waals surface area contributed by atoms with Gasteiger partial charge >= 0.3 is 0 Å². The number of likely N-dealkylation sites (N-methyl/N-ethyl adjacent to an activating group) is 1. The fraction of sp³-hybridized carbons (Fsp3) is 0.480. The molecule has 162 valence electrons. The topological polar surface area (TPSA) is 47.6 Å². The van der Waals surface area contributed by atoms with Crippen molar-refractivity contribution >= 4 is 23.0 Å². The molecule has 1 aliphatic rings. The lowest BCUT2D eigenvalue weighted by atomic mass is 10.0. The minimum atomic E-state index is -0.330. The number of hydrogen-bond donors (Lipinski definition) is 2. The molecule has 2 aromatic carbocycles. The Bertz CT molecular complexity index is 856. The van der Waals surface area contributed by atoms with E-state index in [-0.39, 0.29) is 11.9 Å². The van der Waals surface area contributed by atoms with Crippen molar-refractivity contribution in [1.82, 2.24) is 4.90 Å². The molecule has 2 N–H and O–H groups in total. The van der Waals surface area contributed by atoms with Gasteiger partial charge in [0, 0.05) is 43.2 Å². The number of benzene rings is 2. The van der Waals surface area contributed by atoms with Crippen molar-refractivity contribution in [3.63, 3.8) is 0 Å². The van der Waals surface area contributed by atoms with Gasteiger partial charge in [-0.25, -0.2) is 0 Å². The molecule has 2 aromatic rings. The fourth-order valence-corrected chi connectivity index (χ4v) is 4.08. The van der Waals surface area contributed by atoms with Crippen LogP contribution in [0.3, 0.4) is 0 Å². The molecular formula is C25H36N4O. The van der Waals surface area contributed by atoms with E-state index < -0.39 is 0 Å². The quantitative estimate of drug-likeness (QED) is 0.697. The standard InChI is InChI=1S/C25H36N4O/c1-6-28-13-15-29(16-14-28)24-12-11-21(17-19(24)4)26-20(5)25(30)27-23-10-8-7-9-22(23)18(2)3/h7-12,17-18,20,26H,6,13-16H2,1-5H3,(H,27,30)/t20-/m0/s1. The number of nitrogens with one attached hydrogen (secondary N) is 2. The minimum Gasteiger partial charge on any atom is -0.374 e. The zero-order valence-corrected chi connectivity index (χ0v) is 19.0. The molecule has 3 rings (SSSR count). The summed E-state index contributed by atoms with van der Waals surface area (Å²) in [7, 11) is 0. The predicted octanol–water partition coefficient (Wildman–Crippen LogP) is 4.70. The predicted molar refractivity (Wildman–Crippen MR) is 128 cm³/mol. The number of rotatable bonds is 7. The highest BCUT2D eigenvalue weighted by molar-refractivity contribution is 5.97. The van der Waals surface area contributed by atoms with Crippen molar-refractivity contribution in [3.8, 4) is 0 Å². The second-order valence-electron chi connectivity index (χ2n) is 8.52. The number of para-hydroxylation sites is 1. The van der Waals surface area contributed by atoms with E-state index in [4.69, 9.17) is 0 Å². The Morgan fingerprint density at radius 3 is 2.37 bits per heavy atom. The molecule has 1 saturated heterocycles. The van der Waals surface area contributed by atoms with Crippen LogP contribution in [0.4, 0.5) is 17.1 Å². The fourth-order valence-electron chi connectivity index (χ4n) is 4.08. The van der Waals surface area contributed by atoms with Gasteiger partial charge in [-0.15, -0.1) is 0 Å². The molecule has 0 aromatic heterocycles. The van der Waals surface area contributed by atoms with Gasteiger partial charge in [0.1, 0.15) is 6.04 Å². The summed E-state index contributed by atoms with van der Waals surface area (Å²) in [6.45, 7) is 16.0. The highest BCUT2D eigenvalue weighted by Gasteiger charge is 2.19. The summed E-state index contributed by atoms with van der Waals surface area (Å²) in [5, 5.41) is 6.44. The number of carbonyl (C=O) groups excluding carboxylic acids is 1. The Balaban J connectivity index is 1.62. The molecule has 0 aliphatic carbocycles. The van der Waals surface area contributed by atoms with E-state index in [1.807, 2.05) is 25.1 Å². The first-order valence-corrected chi connectivity index (χ1v) is 11.1. The molecule has 1 atom stereocenters. The van der Waals surface area contributed by atoms with Crippen LogP contribution in [0.15, 0.2) is 42.5 Å². The van der Waals surface area contributed by atoms with Crippen molar-refractivity contribution in [1.29, 1.82) is 0 Å². The van der Waals surface area contributed by atoms with E-state index in [9.17, 15) is 4.79 Å². The lowest BCUT2D eigenvalue weighted by Gasteiger charge is -2.36. The van der Waals surface area contributed by atoms with Crippen LogP contribution in [0, 0.1) is 6.92 Å². The molecule has 5 heteroatoms. The zero-order valence-electron chi connectivity index (χ0n) is 19.0. The Morgan fingerprint density at radius 1 is 1.03 bits per heavy atom. The smallest absolute Gasteiger partial charge is 0.246 e. The van der Waals surface area contributed by atoms with Crippen LogP contribution < -0.4 is 15.5 Å². The molecule has 0 spiro atoms. The summed E-state index contributed by atoms with van der Waals surface area (Å²) in [5.74, 6) is 0.333. The van der Waals surface area contributed by atoms with Crippen molar-refractivity contribution in [3.05, 3.63) is 53.6 Å². The summed E-state index contributed by atoms with van der Waals surface area (Å²) in [5.41, 5.74) is 5.55. The second kappa shape index (κ2) is 9.98. The van der Waals surface area contributed by atoms with E-state index in [0.717, 1.165) is 49.7 Å². The van der Waals surface area contributed by atoms with Gasteiger partial charge in [0.25, 0.3) is 0 Å². The number of nitrogens with zero attached hydrogens (tertiary/aromatic N) is 2. The number of carbonyl (C=O) groups is 1. The average molecular weight is 409 g/mol. The Kier molecular flexibility index (Phi) is 7.38. The van der Waals surface area contributed by atoms with Crippen molar-refractivity contribution < 1.29 is 4.79 Å². The molecule has 0 saturated carbocycles. The lowest BCUT2D eigenvalue weighted by molar-refractivity contribution is -0.116. The van der Waals surface area contributed by atoms with Crippen LogP contribution >= 0.6 is 0 Å². The number of piperazine rings is 1. The maximum atomic E-state index is 12.8.